The Balaban J connectivity index is 1.82. The number of oxazole rings is 1. The maximum Gasteiger partial charge on any atom is 0.252 e. The minimum absolute atomic E-state index is 0.181. The van der Waals surface area contributed by atoms with E-state index in [1.807, 2.05) is 31.2 Å². The monoisotopic (exact) mass is 334 g/mol. The molecular weight excluding hydrogens is 319 g/mol. The zero-order valence-electron chi connectivity index (χ0n) is 13.7. The Labute approximate surface area is 143 Å². The van der Waals surface area contributed by atoms with Crippen LogP contribution in [-0.2, 0) is 0 Å². The molecule has 0 aliphatic heterocycles. The lowest BCUT2D eigenvalue weighted by Crippen LogP contribution is -1.98. The summed E-state index contributed by atoms with van der Waals surface area (Å²) in [6, 6.07) is 14.3. The van der Waals surface area contributed by atoms with Crippen LogP contribution < -0.4 is 5.32 Å². The molecule has 25 heavy (non-hydrogen) atoms. The molecule has 0 radical (unpaired) electrons. The van der Waals surface area contributed by atoms with Crippen molar-refractivity contribution >= 4 is 22.7 Å². The van der Waals surface area contributed by atoms with Crippen LogP contribution in [0, 0.1) is 19.7 Å². The Hall–Kier alpha value is -3.28. The molecule has 0 aliphatic rings. The zero-order valence-corrected chi connectivity index (χ0v) is 13.7. The Morgan fingerprint density at radius 2 is 1.68 bits per heavy atom. The van der Waals surface area contributed by atoms with Gasteiger partial charge in [-0.2, -0.15) is 4.98 Å². The number of benzene rings is 2. The van der Waals surface area contributed by atoms with Crippen LogP contribution in [0.4, 0.5) is 15.9 Å². The fourth-order valence-electron chi connectivity index (χ4n) is 2.54. The van der Waals surface area contributed by atoms with Crippen molar-refractivity contribution in [2.24, 2.45) is 0 Å². The summed E-state index contributed by atoms with van der Waals surface area (Å²) in [6.07, 6.45) is 0. The molecule has 5 nitrogen and oxygen atoms in total. The third kappa shape index (κ3) is 2.94. The van der Waals surface area contributed by atoms with Crippen LogP contribution >= 0.6 is 0 Å². The standard InChI is InChI=1S/C19H15FN4O/c1-11-7-9-13(10-8-11)23-17-16-19(22-12(2)21-17)25-18(24-16)14-5-3-4-6-15(14)20/h3-10H,1-2H3,(H,21,22,23). The summed E-state index contributed by atoms with van der Waals surface area (Å²) in [5.74, 6) is 0.850. The van der Waals surface area contributed by atoms with Gasteiger partial charge in [0.05, 0.1) is 5.56 Å². The third-order valence-corrected chi connectivity index (χ3v) is 3.79. The Morgan fingerprint density at radius 3 is 2.44 bits per heavy atom. The van der Waals surface area contributed by atoms with Crippen LogP contribution in [0.2, 0.25) is 0 Å². The summed E-state index contributed by atoms with van der Waals surface area (Å²) in [7, 11) is 0. The van der Waals surface area contributed by atoms with E-state index in [1.165, 1.54) is 6.07 Å². The number of nitrogens with one attached hydrogen (secondary N) is 1. The summed E-state index contributed by atoms with van der Waals surface area (Å²) in [5.41, 5.74) is 3.11. The molecule has 0 saturated carbocycles. The predicted octanol–water partition coefficient (Wildman–Crippen LogP) is 4.78. The molecule has 6 heteroatoms. The van der Waals surface area contributed by atoms with Gasteiger partial charge in [-0.1, -0.05) is 29.8 Å². The summed E-state index contributed by atoms with van der Waals surface area (Å²) in [6.45, 7) is 3.79. The number of nitrogens with zero attached hydrogens (tertiary/aromatic N) is 3. The van der Waals surface area contributed by atoms with Gasteiger partial charge in [0.1, 0.15) is 11.6 Å². The van der Waals surface area contributed by atoms with Crippen molar-refractivity contribution in [2.45, 2.75) is 13.8 Å². The number of halogens is 1. The predicted molar refractivity (Wildman–Crippen MR) is 94.2 cm³/mol. The first-order chi connectivity index (χ1) is 12.1. The minimum Gasteiger partial charge on any atom is -0.417 e. The lowest BCUT2D eigenvalue weighted by molar-refractivity contribution is 0.585. The number of fused-ring (bicyclic) bond motifs is 1. The highest BCUT2D eigenvalue weighted by molar-refractivity contribution is 5.85. The van der Waals surface area contributed by atoms with Gasteiger partial charge in [0.2, 0.25) is 5.89 Å². The molecule has 0 unspecified atom stereocenters. The Morgan fingerprint density at radius 1 is 0.920 bits per heavy atom. The second-order valence-electron chi connectivity index (χ2n) is 5.76. The summed E-state index contributed by atoms with van der Waals surface area (Å²) in [5, 5.41) is 3.23. The lowest BCUT2D eigenvalue weighted by atomic mass is 10.2. The molecule has 124 valence electrons. The van der Waals surface area contributed by atoms with Crippen molar-refractivity contribution in [3.8, 4) is 11.5 Å². The Bertz CT molecular complexity index is 1060. The van der Waals surface area contributed by atoms with Crippen LogP contribution in [0.25, 0.3) is 22.7 Å². The van der Waals surface area contributed by atoms with Crippen molar-refractivity contribution in [1.82, 2.24) is 15.0 Å². The van der Waals surface area contributed by atoms with Gasteiger partial charge < -0.3 is 9.73 Å². The van der Waals surface area contributed by atoms with Gasteiger partial charge in [-0.25, -0.2) is 14.4 Å². The lowest BCUT2D eigenvalue weighted by Gasteiger charge is -2.06. The molecule has 0 atom stereocenters. The molecule has 0 fully saturated rings. The van der Waals surface area contributed by atoms with E-state index in [2.05, 4.69) is 20.3 Å². The zero-order chi connectivity index (χ0) is 17.4. The molecular formula is C19H15FN4O. The highest BCUT2D eigenvalue weighted by atomic mass is 19.1. The normalized spacial score (nSPS) is 11.0. The minimum atomic E-state index is -0.396. The van der Waals surface area contributed by atoms with Crippen molar-refractivity contribution < 1.29 is 8.81 Å². The first-order valence-electron chi connectivity index (χ1n) is 7.84. The fraction of sp³-hybridized carbons (Fsp3) is 0.105. The summed E-state index contributed by atoms with van der Waals surface area (Å²) < 4.78 is 19.7. The van der Waals surface area contributed by atoms with Crippen molar-refractivity contribution in [3.05, 3.63) is 65.7 Å². The van der Waals surface area contributed by atoms with Gasteiger partial charge in [-0.3, -0.25) is 0 Å². The molecule has 2 aromatic heterocycles. The second kappa shape index (κ2) is 5.98. The van der Waals surface area contributed by atoms with Gasteiger partial charge in [-0.05, 0) is 38.1 Å². The quantitative estimate of drug-likeness (QED) is 0.584. The first-order valence-corrected chi connectivity index (χ1v) is 7.84. The van der Waals surface area contributed by atoms with E-state index >= 15 is 0 Å². The van der Waals surface area contributed by atoms with Gasteiger partial charge in [0.15, 0.2) is 11.3 Å². The molecule has 0 bridgehead atoms. The van der Waals surface area contributed by atoms with Crippen LogP contribution in [-0.4, -0.2) is 15.0 Å². The highest BCUT2D eigenvalue weighted by Gasteiger charge is 2.17. The number of hydrogen-bond acceptors (Lipinski definition) is 5. The molecule has 0 aliphatic carbocycles. The van der Waals surface area contributed by atoms with E-state index in [0.29, 0.717) is 28.4 Å². The van der Waals surface area contributed by atoms with Crippen LogP contribution in [0.1, 0.15) is 11.4 Å². The van der Waals surface area contributed by atoms with E-state index in [4.69, 9.17) is 4.42 Å². The largest absolute Gasteiger partial charge is 0.417 e. The van der Waals surface area contributed by atoms with Crippen LogP contribution in [0.3, 0.4) is 0 Å². The number of aromatic nitrogens is 3. The van der Waals surface area contributed by atoms with Crippen LogP contribution in [0.15, 0.2) is 52.9 Å². The van der Waals surface area contributed by atoms with Crippen molar-refractivity contribution in [2.75, 3.05) is 5.32 Å². The molecule has 0 saturated heterocycles. The summed E-state index contributed by atoms with van der Waals surface area (Å²) in [4.78, 5) is 13.1. The van der Waals surface area contributed by atoms with Gasteiger partial charge in [0.25, 0.3) is 5.71 Å². The number of aryl methyl sites for hydroxylation is 2. The van der Waals surface area contributed by atoms with Crippen LogP contribution in [0.5, 0.6) is 0 Å². The second-order valence-corrected chi connectivity index (χ2v) is 5.76. The maximum atomic E-state index is 14.0. The Kier molecular flexibility index (Phi) is 3.65. The molecule has 0 amide bonds. The van der Waals surface area contributed by atoms with Gasteiger partial charge >= 0.3 is 0 Å². The van der Waals surface area contributed by atoms with Gasteiger partial charge in [0, 0.05) is 5.69 Å². The topological polar surface area (TPSA) is 63.8 Å². The third-order valence-electron chi connectivity index (χ3n) is 3.79. The molecule has 0 spiro atoms. The van der Waals surface area contributed by atoms with E-state index in [-0.39, 0.29) is 5.89 Å². The summed E-state index contributed by atoms with van der Waals surface area (Å²) >= 11 is 0. The highest BCUT2D eigenvalue weighted by Crippen LogP contribution is 2.29. The molecule has 4 aromatic rings. The van der Waals surface area contributed by atoms with E-state index in [0.717, 1.165) is 11.3 Å². The van der Waals surface area contributed by atoms with E-state index in [9.17, 15) is 4.39 Å². The molecule has 2 aromatic carbocycles. The number of hydrogen-bond donors (Lipinski definition) is 1. The molecule has 2 heterocycles. The fourth-order valence-corrected chi connectivity index (χ4v) is 2.54. The number of anilines is 2. The van der Waals surface area contributed by atoms with E-state index in [1.54, 1.807) is 25.1 Å². The molecule has 1 N–H and O–H groups in total. The smallest absolute Gasteiger partial charge is 0.252 e. The SMILES string of the molecule is Cc1ccc(Nc2nc(C)nc3oc(-c4ccccc4F)nc23)cc1. The average Bonchev–Trinajstić information content (AvgIpc) is 3.01. The average molecular weight is 334 g/mol. The molecule has 4 rings (SSSR count). The van der Waals surface area contributed by atoms with Gasteiger partial charge in [-0.15, -0.1) is 0 Å². The number of rotatable bonds is 3. The maximum absolute atomic E-state index is 14.0. The van der Waals surface area contributed by atoms with Crippen molar-refractivity contribution in [3.63, 3.8) is 0 Å². The van der Waals surface area contributed by atoms with Crippen molar-refractivity contribution in [1.29, 1.82) is 0 Å². The first kappa shape index (κ1) is 15.3. The van der Waals surface area contributed by atoms with E-state index < -0.39 is 5.82 Å².